The highest BCUT2D eigenvalue weighted by atomic mass is 16.5. The Bertz CT molecular complexity index is 667. The molecule has 126 valence electrons. The van der Waals surface area contributed by atoms with Crippen LogP contribution in [0.5, 0.6) is 5.75 Å². The summed E-state index contributed by atoms with van der Waals surface area (Å²) in [6.45, 7) is 5.53. The van der Waals surface area contributed by atoms with Crippen LogP contribution in [0.1, 0.15) is 10.4 Å². The lowest BCUT2D eigenvalue weighted by molar-refractivity contribution is -0.900. The minimum Gasteiger partial charge on any atom is -0.545 e. The molecule has 3 rings (SSSR count). The molecule has 2 aromatic carbocycles. The van der Waals surface area contributed by atoms with Crippen molar-refractivity contribution < 1.29 is 19.5 Å². The number of anilines is 1. The fraction of sp³-hybridized carbons (Fsp3) is 0.316. The van der Waals surface area contributed by atoms with Gasteiger partial charge in [-0.15, -0.1) is 0 Å². The minimum absolute atomic E-state index is 0.112. The number of benzene rings is 2. The van der Waals surface area contributed by atoms with Gasteiger partial charge in [-0.3, -0.25) is 0 Å². The number of para-hydroxylation sites is 2. The maximum Gasteiger partial charge on any atom is 0.137 e. The molecule has 0 aliphatic carbocycles. The van der Waals surface area contributed by atoms with E-state index in [4.69, 9.17) is 4.74 Å². The number of hydrogen-bond donors (Lipinski definition) is 1. The quantitative estimate of drug-likeness (QED) is 0.801. The van der Waals surface area contributed by atoms with Crippen LogP contribution in [-0.4, -0.2) is 45.3 Å². The van der Waals surface area contributed by atoms with E-state index in [1.165, 1.54) is 16.7 Å². The molecule has 1 heterocycles. The summed E-state index contributed by atoms with van der Waals surface area (Å²) >= 11 is 0. The number of carbonyl (C=O) groups is 1. The van der Waals surface area contributed by atoms with Crippen LogP contribution in [0.2, 0.25) is 0 Å². The molecule has 1 N–H and O–H groups in total. The summed E-state index contributed by atoms with van der Waals surface area (Å²) in [7, 11) is 0. The Morgan fingerprint density at radius 3 is 2.42 bits per heavy atom. The predicted octanol–water partition coefficient (Wildman–Crippen LogP) is -0.166. The van der Waals surface area contributed by atoms with E-state index in [0.717, 1.165) is 32.7 Å². The number of rotatable bonds is 6. The van der Waals surface area contributed by atoms with Gasteiger partial charge in [0.15, 0.2) is 0 Å². The summed E-state index contributed by atoms with van der Waals surface area (Å²) in [4.78, 5) is 14.9. The molecular weight excluding hydrogens is 304 g/mol. The highest BCUT2D eigenvalue weighted by Crippen LogP contribution is 2.16. The average molecular weight is 326 g/mol. The van der Waals surface area contributed by atoms with Gasteiger partial charge in [0.2, 0.25) is 0 Å². The van der Waals surface area contributed by atoms with Gasteiger partial charge in [-0.1, -0.05) is 30.3 Å². The number of nitrogens with one attached hydrogen (secondary N) is 1. The zero-order valence-electron chi connectivity index (χ0n) is 13.6. The van der Waals surface area contributed by atoms with E-state index in [-0.39, 0.29) is 5.56 Å². The zero-order chi connectivity index (χ0) is 16.8. The van der Waals surface area contributed by atoms with Crippen molar-refractivity contribution in [3.8, 4) is 5.75 Å². The predicted molar refractivity (Wildman–Crippen MR) is 90.5 cm³/mol. The highest BCUT2D eigenvalue weighted by Gasteiger charge is 2.19. The number of aromatic carboxylic acids is 1. The summed E-state index contributed by atoms with van der Waals surface area (Å²) in [5.74, 6) is -0.811. The van der Waals surface area contributed by atoms with Crippen molar-refractivity contribution in [2.75, 3.05) is 44.2 Å². The Morgan fingerprint density at radius 1 is 1.04 bits per heavy atom. The van der Waals surface area contributed by atoms with Crippen LogP contribution in [0.15, 0.2) is 54.6 Å². The summed E-state index contributed by atoms with van der Waals surface area (Å²) in [5.41, 5.74) is 1.39. The molecule has 24 heavy (non-hydrogen) atoms. The molecule has 1 fully saturated rings. The van der Waals surface area contributed by atoms with Gasteiger partial charge in [-0.25, -0.2) is 0 Å². The summed E-state index contributed by atoms with van der Waals surface area (Å²) in [6.07, 6.45) is 0. The number of piperazine rings is 1. The largest absolute Gasteiger partial charge is 0.545 e. The Morgan fingerprint density at radius 2 is 1.71 bits per heavy atom. The van der Waals surface area contributed by atoms with Gasteiger partial charge in [0, 0.05) is 11.3 Å². The van der Waals surface area contributed by atoms with Gasteiger partial charge in [0.05, 0.1) is 32.1 Å². The molecule has 0 saturated carbocycles. The van der Waals surface area contributed by atoms with Crippen LogP contribution in [-0.2, 0) is 0 Å². The number of hydrogen-bond acceptors (Lipinski definition) is 4. The average Bonchev–Trinajstić information content (AvgIpc) is 2.63. The van der Waals surface area contributed by atoms with Crippen LogP contribution in [0.25, 0.3) is 0 Å². The lowest BCUT2D eigenvalue weighted by Gasteiger charge is -2.33. The van der Waals surface area contributed by atoms with Gasteiger partial charge < -0.3 is 24.4 Å². The molecule has 0 bridgehead atoms. The van der Waals surface area contributed by atoms with Gasteiger partial charge in [0.1, 0.15) is 18.9 Å². The number of carboxylic acids is 1. The van der Waals surface area contributed by atoms with Crippen molar-refractivity contribution >= 4 is 11.7 Å². The first-order chi connectivity index (χ1) is 11.7. The van der Waals surface area contributed by atoms with Crippen LogP contribution in [0, 0.1) is 0 Å². The summed E-state index contributed by atoms with van der Waals surface area (Å²) < 4.78 is 5.66. The molecule has 0 radical (unpaired) electrons. The highest BCUT2D eigenvalue weighted by molar-refractivity contribution is 5.89. The van der Waals surface area contributed by atoms with E-state index >= 15 is 0 Å². The normalized spacial score (nSPS) is 15.2. The van der Waals surface area contributed by atoms with Crippen molar-refractivity contribution in [2.24, 2.45) is 0 Å². The molecule has 0 spiro atoms. The maximum absolute atomic E-state index is 11.1. The second-order valence-electron chi connectivity index (χ2n) is 5.95. The van der Waals surface area contributed by atoms with Crippen LogP contribution in [0.4, 0.5) is 5.69 Å². The fourth-order valence-corrected chi connectivity index (χ4v) is 3.04. The molecule has 0 atom stereocenters. The van der Waals surface area contributed by atoms with E-state index in [1.807, 2.05) is 6.07 Å². The van der Waals surface area contributed by atoms with Crippen molar-refractivity contribution in [3.05, 3.63) is 60.2 Å². The molecule has 1 saturated heterocycles. The summed E-state index contributed by atoms with van der Waals surface area (Å²) in [5, 5.41) is 11.1. The molecule has 0 aromatic heterocycles. The Kier molecular flexibility index (Phi) is 5.33. The number of nitrogens with zero attached hydrogens (tertiary/aromatic N) is 1. The second-order valence-corrected chi connectivity index (χ2v) is 5.95. The minimum atomic E-state index is -1.20. The van der Waals surface area contributed by atoms with Gasteiger partial charge in [-0.2, -0.15) is 0 Å². The van der Waals surface area contributed by atoms with Crippen molar-refractivity contribution in [3.63, 3.8) is 0 Å². The van der Waals surface area contributed by atoms with Gasteiger partial charge in [-0.05, 0) is 24.3 Å². The first-order valence-electron chi connectivity index (χ1n) is 8.31. The number of ether oxygens (including phenoxy) is 1. The van der Waals surface area contributed by atoms with Crippen LogP contribution in [0.3, 0.4) is 0 Å². The first-order valence-corrected chi connectivity index (χ1v) is 8.31. The first kappa shape index (κ1) is 16.3. The van der Waals surface area contributed by atoms with Gasteiger partial charge >= 0.3 is 0 Å². The van der Waals surface area contributed by atoms with E-state index in [0.29, 0.717) is 12.4 Å². The third kappa shape index (κ3) is 4.06. The Balaban J connectivity index is 1.45. The van der Waals surface area contributed by atoms with Crippen molar-refractivity contribution in [1.82, 2.24) is 0 Å². The molecule has 1 aliphatic heterocycles. The van der Waals surface area contributed by atoms with Crippen molar-refractivity contribution in [1.29, 1.82) is 0 Å². The maximum atomic E-state index is 11.1. The van der Waals surface area contributed by atoms with Crippen LogP contribution < -0.4 is 19.6 Å². The molecule has 0 amide bonds. The van der Waals surface area contributed by atoms with E-state index < -0.39 is 5.97 Å². The molecule has 5 nitrogen and oxygen atoms in total. The molecular formula is C19H22N2O3. The molecule has 5 heteroatoms. The topological polar surface area (TPSA) is 57.0 Å². The zero-order valence-corrected chi connectivity index (χ0v) is 13.6. The second kappa shape index (κ2) is 7.84. The summed E-state index contributed by atoms with van der Waals surface area (Å²) in [6, 6.07) is 17.1. The van der Waals surface area contributed by atoms with Crippen molar-refractivity contribution in [2.45, 2.75) is 0 Å². The van der Waals surface area contributed by atoms with E-state index in [2.05, 4.69) is 29.2 Å². The lowest BCUT2D eigenvalue weighted by atomic mass is 10.2. The smallest absolute Gasteiger partial charge is 0.137 e. The lowest BCUT2D eigenvalue weighted by Crippen LogP contribution is -3.15. The Labute approximate surface area is 142 Å². The number of carbonyl (C=O) groups excluding carboxylic acids is 1. The van der Waals surface area contributed by atoms with E-state index in [9.17, 15) is 9.90 Å². The SMILES string of the molecule is O=C([O-])c1ccccc1OCC[NH+]1CCN(c2ccccc2)CC1. The van der Waals surface area contributed by atoms with Gasteiger partial charge in [0.25, 0.3) is 0 Å². The third-order valence-electron chi connectivity index (χ3n) is 4.41. The Hall–Kier alpha value is -2.53. The standard InChI is InChI=1S/C19H22N2O3/c22-19(23)17-8-4-5-9-18(17)24-15-14-20-10-12-21(13-11-20)16-6-2-1-3-7-16/h1-9H,10-15H2,(H,22,23). The third-order valence-corrected chi connectivity index (χ3v) is 4.41. The van der Waals surface area contributed by atoms with E-state index in [1.54, 1.807) is 18.2 Å². The molecule has 1 aliphatic rings. The number of carboxylic acid groups (broad SMARTS) is 1. The molecule has 0 unspecified atom stereocenters. The van der Waals surface area contributed by atoms with Crippen LogP contribution >= 0.6 is 0 Å². The fourth-order valence-electron chi connectivity index (χ4n) is 3.04. The molecule has 2 aromatic rings. The monoisotopic (exact) mass is 326 g/mol. The number of quaternary nitrogens is 1.